The predicted molar refractivity (Wildman–Crippen MR) is 158 cm³/mol. The summed E-state index contributed by atoms with van der Waals surface area (Å²) in [7, 11) is 0. The third kappa shape index (κ3) is 4.80. The molecule has 3 unspecified atom stereocenters. The van der Waals surface area contributed by atoms with Crippen LogP contribution in [0, 0.1) is 0 Å². The lowest BCUT2D eigenvalue weighted by Gasteiger charge is -2.49. The summed E-state index contributed by atoms with van der Waals surface area (Å²) >= 11 is 6.12. The third-order valence-electron chi connectivity index (χ3n) is 8.44. The maximum Gasteiger partial charge on any atom is 0.130 e. The Morgan fingerprint density at radius 1 is 0.923 bits per heavy atom. The van der Waals surface area contributed by atoms with Crippen LogP contribution in [-0.4, -0.2) is 59.4 Å². The van der Waals surface area contributed by atoms with Gasteiger partial charge < -0.3 is 14.7 Å². The summed E-state index contributed by atoms with van der Waals surface area (Å²) in [4.78, 5) is 9.45. The molecule has 0 radical (unpaired) electrons. The minimum absolute atomic E-state index is 0.237. The third-order valence-corrected chi connectivity index (χ3v) is 8.68. The molecule has 0 spiro atoms. The largest absolute Gasteiger partial charge is 0.490 e. The molecule has 2 bridgehead atoms. The Bertz CT molecular complexity index is 1550. The van der Waals surface area contributed by atoms with Crippen LogP contribution in [-0.2, 0) is 6.42 Å². The lowest BCUT2D eigenvalue weighted by atomic mass is 9.95. The predicted octanol–water partition coefficient (Wildman–Crippen LogP) is 6.11. The molecule has 0 amide bonds. The average Bonchev–Trinajstić information content (AvgIpc) is 3.30. The second-order valence-electron chi connectivity index (χ2n) is 11.0. The summed E-state index contributed by atoms with van der Waals surface area (Å²) in [6, 6.07) is 23.9. The number of anilines is 1. The number of rotatable bonds is 6. The molecule has 6 heteroatoms. The van der Waals surface area contributed by atoms with Crippen molar-refractivity contribution in [3.63, 3.8) is 0 Å². The Morgan fingerprint density at radius 2 is 1.77 bits per heavy atom. The van der Waals surface area contributed by atoms with Crippen LogP contribution < -0.4 is 9.64 Å². The summed E-state index contributed by atoms with van der Waals surface area (Å²) in [5.74, 6) is 0.720. The molecule has 198 valence electrons. The van der Waals surface area contributed by atoms with Gasteiger partial charge in [0.25, 0.3) is 0 Å². The minimum atomic E-state index is -0.586. The summed E-state index contributed by atoms with van der Waals surface area (Å²) in [5.41, 5.74) is 7.71. The fraction of sp³-hybridized carbons (Fsp3) is 0.303. The Balaban J connectivity index is 1.04. The molecule has 3 aliphatic heterocycles. The number of aliphatic hydroxyl groups is 1. The van der Waals surface area contributed by atoms with Crippen molar-refractivity contribution in [1.82, 2.24) is 9.88 Å². The highest BCUT2D eigenvalue weighted by atomic mass is 35.5. The number of benzene rings is 3. The maximum atomic E-state index is 11.0. The summed E-state index contributed by atoms with van der Waals surface area (Å²) in [6.07, 6.45) is 8.80. The molecule has 5 nitrogen and oxygen atoms in total. The second kappa shape index (κ2) is 10.3. The van der Waals surface area contributed by atoms with Crippen LogP contribution in [0.15, 0.2) is 85.1 Å². The molecule has 1 aliphatic carbocycles. The molecule has 1 saturated heterocycles. The van der Waals surface area contributed by atoms with Crippen molar-refractivity contribution >= 4 is 28.2 Å². The van der Waals surface area contributed by atoms with E-state index in [2.05, 4.69) is 69.4 Å². The van der Waals surface area contributed by atoms with Crippen molar-refractivity contribution in [1.29, 1.82) is 0 Å². The van der Waals surface area contributed by atoms with E-state index < -0.39 is 6.10 Å². The van der Waals surface area contributed by atoms with Crippen LogP contribution in [0.25, 0.3) is 22.0 Å². The van der Waals surface area contributed by atoms with Crippen molar-refractivity contribution in [3.8, 4) is 16.9 Å². The number of hydrogen-bond donors (Lipinski definition) is 1. The van der Waals surface area contributed by atoms with Crippen molar-refractivity contribution in [2.24, 2.45) is 0 Å². The van der Waals surface area contributed by atoms with Gasteiger partial charge in [0.1, 0.15) is 18.5 Å². The molecule has 4 heterocycles. The van der Waals surface area contributed by atoms with E-state index in [9.17, 15) is 5.11 Å². The Morgan fingerprint density at radius 3 is 2.69 bits per heavy atom. The zero-order valence-corrected chi connectivity index (χ0v) is 22.6. The second-order valence-corrected chi connectivity index (χ2v) is 11.4. The average molecular weight is 538 g/mol. The van der Waals surface area contributed by atoms with Gasteiger partial charge in [-0.15, -0.1) is 0 Å². The SMILES string of the molecule is OC(COc1ccnc2cc(Cl)ccc12)CN1CC2CC=CCC1CN2c1ccc2c(c1)Cc1ccccc1-2. The highest BCUT2D eigenvalue weighted by molar-refractivity contribution is 6.31. The van der Waals surface area contributed by atoms with Gasteiger partial charge in [0.15, 0.2) is 0 Å². The van der Waals surface area contributed by atoms with E-state index in [4.69, 9.17) is 16.3 Å². The number of halogens is 1. The molecule has 1 fully saturated rings. The molecular weight excluding hydrogens is 506 g/mol. The molecule has 3 aromatic carbocycles. The molecule has 8 rings (SSSR count). The van der Waals surface area contributed by atoms with Crippen molar-refractivity contribution in [3.05, 3.63) is 101 Å². The number of nitrogens with zero attached hydrogens (tertiary/aromatic N) is 3. The molecule has 4 aliphatic rings. The molecule has 1 N–H and O–H groups in total. The first kappa shape index (κ1) is 24.6. The molecule has 1 aromatic heterocycles. The minimum Gasteiger partial charge on any atom is -0.490 e. The van der Waals surface area contributed by atoms with Crippen molar-refractivity contribution in [2.45, 2.75) is 37.5 Å². The zero-order chi connectivity index (χ0) is 26.3. The van der Waals surface area contributed by atoms with E-state index in [1.165, 1.54) is 27.9 Å². The van der Waals surface area contributed by atoms with E-state index in [0.29, 0.717) is 23.7 Å². The van der Waals surface area contributed by atoms with Crippen molar-refractivity contribution < 1.29 is 9.84 Å². The first-order valence-corrected chi connectivity index (χ1v) is 14.2. The van der Waals surface area contributed by atoms with Gasteiger partial charge in [0.05, 0.1) is 5.52 Å². The summed E-state index contributed by atoms with van der Waals surface area (Å²) < 4.78 is 6.07. The number of aliphatic hydroxyl groups excluding tert-OH is 1. The van der Waals surface area contributed by atoms with Gasteiger partial charge in [0, 0.05) is 54.0 Å². The van der Waals surface area contributed by atoms with E-state index in [0.717, 1.165) is 49.0 Å². The molecular formula is C33H32ClN3O2. The van der Waals surface area contributed by atoms with Gasteiger partial charge in [0.2, 0.25) is 0 Å². The molecule has 4 aromatic rings. The van der Waals surface area contributed by atoms with Crippen LogP contribution in [0.4, 0.5) is 5.69 Å². The molecule has 3 atom stereocenters. The Hall–Kier alpha value is -3.38. The quantitative estimate of drug-likeness (QED) is 0.265. The van der Waals surface area contributed by atoms with Gasteiger partial charge in [-0.3, -0.25) is 9.88 Å². The monoisotopic (exact) mass is 537 g/mol. The number of hydrogen-bond acceptors (Lipinski definition) is 5. The standard InChI is InChI=1S/C33H32ClN3O2/c34-24-9-11-31-32(17-24)35-14-13-33(31)39-21-28(38)20-36-18-27-7-3-2-6-26(36)19-37(27)25-10-12-30-23(16-25)15-22-5-1-4-8-29(22)30/h1-5,8-14,16-17,26-28,38H,6-7,15,18-21H2. The first-order valence-electron chi connectivity index (χ1n) is 13.8. The maximum absolute atomic E-state index is 11.0. The fourth-order valence-corrected chi connectivity index (χ4v) is 6.69. The van der Waals surface area contributed by atoms with E-state index in [-0.39, 0.29) is 6.61 Å². The van der Waals surface area contributed by atoms with E-state index in [1.807, 2.05) is 24.3 Å². The van der Waals surface area contributed by atoms with E-state index >= 15 is 0 Å². The van der Waals surface area contributed by atoms with Gasteiger partial charge >= 0.3 is 0 Å². The van der Waals surface area contributed by atoms with Crippen LogP contribution in [0.3, 0.4) is 0 Å². The zero-order valence-electron chi connectivity index (χ0n) is 21.8. The topological polar surface area (TPSA) is 48.8 Å². The Kier molecular flexibility index (Phi) is 6.51. The Labute approximate surface area is 234 Å². The molecule has 0 saturated carbocycles. The van der Waals surface area contributed by atoms with Gasteiger partial charge in [-0.05, 0) is 77.9 Å². The molecule has 39 heavy (non-hydrogen) atoms. The number of piperazine rings is 1. The van der Waals surface area contributed by atoms with Crippen LogP contribution in [0.2, 0.25) is 5.02 Å². The van der Waals surface area contributed by atoms with E-state index in [1.54, 1.807) is 6.20 Å². The number of ether oxygens (including phenoxy) is 1. The van der Waals surface area contributed by atoms with Crippen LogP contribution in [0.1, 0.15) is 24.0 Å². The number of fused-ring (bicyclic) bond motifs is 8. The first-order chi connectivity index (χ1) is 19.1. The van der Waals surface area contributed by atoms with Crippen molar-refractivity contribution in [2.75, 3.05) is 31.1 Å². The van der Waals surface area contributed by atoms with Gasteiger partial charge in [-0.1, -0.05) is 54.1 Å². The fourth-order valence-electron chi connectivity index (χ4n) is 6.52. The lowest BCUT2D eigenvalue weighted by molar-refractivity contribution is 0.0408. The highest BCUT2D eigenvalue weighted by Gasteiger charge is 2.35. The van der Waals surface area contributed by atoms with Crippen LogP contribution >= 0.6 is 11.6 Å². The summed E-state index contributed by atoms with van der Waals surface area (Å²) in [5, 5.41) is 12.6. The summed E-state index contributed by atoms with van der Waals surface area (Å²) in [6.45, 7) is 2.72. The number of aromatic nitrogens is 1. The van der Waals surface area contributed by atoms with Gasteiger partial charge in [-0.2, -0.15) is 0 Å². The lowest BCUT2D eigenvalue weighted by Crippen LogP contribution is -2.60. The van der Waals surface area contributed by atoms with Gasteiger partial charge in [-0.25, -0.2) is 0 Å². The van der Waals surface area contributed by atoms with Crippen LogP contribution in [0.5, 0.6) is 5.75 Å². The highest BCUT2D eigenvalue weighted by Crippen LogP contribution is 2.39. The smallest absolute Gasteiger partial charge is 0.130 e. The number of pyridine rings is 1. The normalized spacial score (nSPS) is 20.9.